The highest BCUT2D eigenvalue weighted by Crippen LogP contribution is 2.46. The van der Waals surface area contributed by atoms with Crippen LogP contribution in [0.5, 0.6) is 0 Å². The van der Waals surface area contributed by atoms with Gasteiger partial charge in [-0.1, -0.05) is 13.8 Å². The zero-order chi connectivity index (χ0) is 22.9. The molecule has 1 atom stereocenters. The average molecular weight is 465 g/mol. The van der Waals surface area contributed by atoms with Gasteiger partial charge in [-0.25, -0.2) is 14.1 Å². The molecule has 1 unspecified atom stereocenters. The number of pyridine rings is 1. The minimum absolute atomic E-state index is 0.357. The Hall–Kier alpha value is -1.81. The van der Waals surface area contributed by atoms with Crippen molar-refractivity contribution in [2.45, 2.75) is 81.4 Å². The van der Waals surface area contributed by atoms with Crippen LogP contribution < -0.4 is 16.2 Å². The van der Waals surface area contributed by atoms with Gasteiger partial charge in [0, 0.05) is 22.9 Å². The van der Waals surface area contributed by atoms with Gasteiger partial charge < -0.3 is 16.2 Å². The van der Waals surface area contributed by atoms with E-state index in [1.165, 1.54) is 46.7 Å². The number of amides is 2. The number of nitrogens with zero attached hydrogens (tertiary/aromatic N) is 1. The molecule has 170 valence electrons. The van der Waals surface area contributed by atoms with Gasteiger partial charge in [0.25, 0.3) is 0 Å². The Morgan fingerprint density at radius 3 is 2.48 bits per heavy atom. The second-order valence-corrected chi connectivity index (χ2v) is 11.2. The first kappa shape index (κ1) is 23.8. The summed E-state index contributed by atoms with van der Waals surface area (Å²) in [6.07, 6.45) is 5.61. The van der Waals surface area contributed by atoms with Gasteiger partial charge >= 0.3 is 6.03 Å². The van der Waals surface area contributed by atoms with Crippen molar-refractivity contribution in [1.29, 1.82) is 0 Å². The second kappa shape index (κ2) is 9.36. The molecular formula is C22H32N4O3S2. The molecular weight excluding hydrogens is 432 g/mol. The number of aryl methyl sites for hydroxylation is 1. The summed E-state index contributed by atoms with van der Waals surface area (Å²) in [7, 11) is -1.44. The number of urea groups is 1. The van der Waals surface area contributed by atoms with E-state index in [0.29, 0.717) is 16.0 Å². The number of aliphatic hydroxyl groups is 1. The molecule has 7 nitrogen and oxygen atoms in total. The quantitative estimate of drug-likeness (QED) is 0.532. The van der Waals surface area contributed by atoms with Gasteiger partial charge in [0.1, 0.15) is 15.2 Å². The number of thiophene rings is 1. The van der Waals surface area contributed by atoms with Crippen LogP contribution in [0.3, 0.4) is 0 Å². The molecule has 2 aromatic rings. The molecule has 0 bridgehead atoms. The maximum Gasteiger partial charge on any atom is 0.316 e. The zero-order valence-electron chi connectivity index (χ0n) is 18.5. The topological polar surface area (TPSA) is 131 Å². The molecule has 0 spiro atoms. The van der Waals surface area contributed by atoms with E-state index in [4.69, 9.17) is 15.9 Å². The summed E-state index contributed by atoms with van der Waals surface area (Å²) in [5, 5.41) is 19.4. The fraction of sp³-hybridized carbons (Fsp3) is 0.545. The van der Waals surface area contributed by atoms with Crippen LogP contribution in [-0.2, 0) is 29.4 Å². The molecule has 31 heavy (non-hydrogen) atoms. The number of anilines is 1. The largest absolute Gasteiger partial charge is 0.386 e. The fourth-order valence-corrected chi connectivity index (χ4v) is 5.44. The lowest BCUT2D eigenvalue weighted by Gasteiger charge is -2.20. The Balaban J connectivity index is 0.000000196. The van der Waals surface area contributed by atoms with E-state index in [-0.39, 0.29) is 0 Å². The lowest BCUT2D eigenvalue weighted by Crippen LogP contribution is -2.22. The third kappa shape index (κ3) is 5.71. The summed E-state index contributed by atoms with van der Waals surface area (Å²) in [5.74, 6) is 0.951. The molecule has 2 heterocycles. The summed E-state index contributed by atoms with van der Waals surface area (Å²) in [4.78, 5) is 16.2. The molecule has 6 N–H and O–H groups in total. The van der Waals surface area contributed by atoms with E-state index in [2.05, 4.69) is 19.2 Å². The number of carbonyl (C=O) groups is 1. The van der Waals surface area contributed by atoms with Crippen LogP contribution in [0.25, 0.3) is 0 Å². The molecule has 2 aromatic heterocycles. The first-order valence-corrected chi connectivity index (χ1v) is 12.7. The SMILES string of the molecule is CC(C)(O)c1csc(S(N)=O)c1.CC(C)c1c(C2CC2)nc2c(c1NC(N)=O)CCC2. The number of rotatable bonds is 5. The van der Waals surface area contributed by atoms with E-state index in [9.17, 15) is 14.1 Å². The first-order valence-electron chi connectivity index (χ1n) is 10.6. The Kier molecular flexibility index (Phi) is 7.20. The Bertz CT molecular complexity index is 991. The van der Waals surface area contributed by atoms with Crippen LogP contribution in [0, 0.1) is 0 Å². The van der Waals surface area contributed by atoms with Crippen LogP contribution in [0.1, 0.15) is 86.9 Å². The van der Waals surface area contributed by atoms with Crippen LogP contribution in [0.4, 0.5) is 10.5 Å². The summed E-state index contributed by atoms with van der Waals surface area (Å²) in [5.41, 5.74) is 11.0. The summed E-state index contributed by atoms with van der Waals surface area (Å²) < 4.78 is 11.4. The Morgan fingerprint density at radius 2 is 2.03 bits per heavy atom. The molecule has 2 aliphatic carbocycles. The van der Waals surface area contributed by atoms with Crippen LogP contribution in [-0.4, -0.2) is 20.3 Å². The maximum absolute atomic E-state index is 11.3. The molecule has 4 rings (SSSR count). The third-order valence-corrected chi connectivity index (χ3v) is 7.58. The summed E-state index contributed by atoms with van der Waals surface area (Å²) >= 11 is 1.30. The van der Waals surface area contributed by atoms with E-state index in [1.807, 2.05) is 0 Å². The highest BCUT2D eigenvalue weighted by Gasteiger charge is 2.33. The van der Waals surface area contributed by atoms with E-state index >= 15 is 0 Å². The molecule has 0 radical (unpaired) electrons. The van der Waals surface area contributed by atoms with Crippen molar-refractivity contribution in [2.75, 3.05) is 5.32 Å². The lowest BCUT2D eigenvalue weighted by molar-refractivity contribution is 0.0789. The lowest BCUT2D eigenvalue weighted by atomic mass is 9.93. The molecule has 1 saturated carbocycles. The van der Waals surface area contributed by atoms with Crippen LogP contribution >= 0.6 is 11.3 Å². The molecule has 2 amide bonds. The number of hydrogen-bond acceptors (Lipinski definition) is 5. The van der Waals surface area contributed by atoms with Crippen molar-refractivity contribution in [1.82, 2.24) is 4.98 Å². The van der Waals surface area contributed by atoms with E-state index in [1.54, 1.807) is 25.3 Å². The highest BCUT2D eigenvalue weighted by molar-refractivity contribution is 7.85. The average Bonchev–Trinajstić information content (AvgIpc) is 3.16. The molecule has 0 aromatic carbocycles. The van der Waals surface area contributed by atoms with Gasteiger partial charge in [0.05, 0.1) is 11.3 Å². The second-order valence-electron chi connectivity index (χ2n) is 8.99. The van der Waals surface area contributed by atoms with Crippen molar-refractivity contribution in [3.8, 4) is 0 Å². The van der Waals surface area contributed by atoms with Gasteiger partial charge in [0.15, 0.2) is 0 Å². The van der Waals surface area contributed by atoms with Crippen molar-refractivity contribution in [2.24, 2.45) is 10.9 Å². The van der Waals surface area contributed by atoms with Gasteiger partial charge in [0.2, 0.25) is 0 Å². The van der Waals surface area contributed by atoms with Gasteiger partial charge in [-0.2, -0.15) is 0 Å². The molecule has 9 heteroatoms. The Morgan fingerprint density at radius 1 is 1.35 bits per heavy atom. The Labute approximate surface area is 190 Å². The van der Waals surface area contributed by atoms with Crippen molar-refractivity contribution < 1.29 is 14.1 Å². The van der Waals surface area contributed by atoms with E-state index in [0.717, 1.165) is 30.5 Å². The maximum atomic E-state index is 11.3. The number of nitrogens with two attached hydrogens (primary N) is 2. The number of aromatic nitrogens is 1. The number of hydrogen-bond donors (Lipinski definition) is 4. The van der Waals surface area contributed by atoms with Crippen LogP contribution in [0.2, 0.25) is 0 Å². The predicted molar refractivity (Wildman–Crippen MR) is 126 cm³/mol. The van der Waals surface area contributed by atoms with Crippen molar-refractivity contribution in [3.63, 3.8) is 0 Å². The molecule has 0 saturated heterocycles. The predicted octanol–water partition coefficient (Wildman–Crippen LogP) is 4.02. The third-order valence-electron chi connectivity index (χ3n) is 5.56. The molecule has 2 aliphatic rings. The zero-order valence-corrected chi connectivity index (χ0v) is 20.2. The van der Waals surface area contributed by atoms with Gasteiger partial charge in [-0.15, -0.1) is 11.3 Å². The summed E-state index contributed by atoms with van der Waals surface area (Å²) in [6, 6.07) is 1.20. The number of carbonyl (C=O) groups excluding carboxylic acids is 1. The number of fused-ring (bicyclic) bond motifs is 1. The standard InChI is InChI=1S/C15H21N3O.C7H11NO2S2/c1-8(2)12-13(9-6-7-9)17-11-5-3-4-10(11)14(12)18-15(16)19;1-7(2,9)5-3-6(11-4-5)12(8)10/h8-9H,3-7H2,1-2H3,(H3,16,17,18,19);3-4,9H,8H2,1-2H3. The van der Waals surface area contributed by atoms with Gasteiger partial charge in [-0.3, -0.25) is 4.98 Å². The first-order chi connectivity index (χ1) is 14.5. The monoisotopic (exact) mass is 464 g/mol. The van der Waals surface area contributed by atoms with E-state index < -0.39 is 22.6 Å². The van der Waals surface area contributed by atoms with Crippen LogP contribution in [0.15, 0.2) is 15.7 Å². The smallest absolute Gasteiger partial charge is 0.316 e. The fourth-order valence-electron chi connectivity index (χ4n) is 3.88. The van der Waals surface area contributed by atoms with Crippen molar-refractivity contribution in [3.05, 3.63) is 39.5 Å². The minimum Gasteiger partial charge on any atom is -0.386 e. The van der Waals surface area contributed by atoms with Gasteiger partial charge in [-0.05, 0) is 74.4 Å². The minimum atomic E-state index is -1.44. The normalized spacial score (nSPS) is 16.5. The number of nitrogens with one attached hydrogen (secondary N) is 1. The molecule has 1 fully saturated rings. The molecule has 0 aliphatic heterocycles. The highest BCUT2D eigenvalue weighted by atomic mass is 32.2. The summed E-state index contributed by atoms with van der Waals surface area (Å²) in [6.45, 7) is 7.68. The number of primary amides is 1. The van der Waals surface area contributed by atoms with Crippen molar-refractivity contribution >= 4 is 34.0 Å².